The normalized spacial score (nSPS) is 10.9. The molecule has 0 saturated heterocycles. The van der Waals surface area contributed by atoms with Crippen LogP contribution in [-0.4, -0.2) is 22.3 Å². The summed E-state index contributed by atoms with van der Waals surface area (Å²) in [6.45, 7) is 2.00. The summed E-state index contributed by atoms with van der Waals surface area (Å²) in [5.74, 6) is -0.725. The number of halogens is 1. The molecule has 2 aromatic carbocycles. The van der Waals surface area contributed by atoms with E-state index in [0.717, 1.165) is 16.7 Å². The first kappa shape index (κ1) is 15.6. The number of amides is 1. The van der Waals surface area contributed by atoms with Gasteiger partial charge in [-0.05, 0) is 42.8 Å². The maximum atomic E-state index is 12.9. The fraction of sp³-hybridized carbons (Fsp3) is 0.0556. The van der Waals surface area contributed by atoms with Gasteiger partial charge in [0.05, 0.1) is 11.9 Å². The Bertz CT molecular complexity index is 867. The summed E-state index contributed by atoms with van der Waals surface area (Å²) in [4.78, 5) is 12.0. The lowest BCUT2D eigenvalue weighted by Crippen LogP contribution is -2.17. The molecule has 3 rings (SSSR count). The Balaban J connectivity index is 1.65. The van der Waals surface area contributed by atoms with E-state index in [1.54, 1.807) is 24.4 Å². The van der Waals surface area contributed by atoms with E-state index in [4.69, 9.17) is 0 Å². The smallest absolute Gasteiger partial charge is 0.272 e. The SMILES string of the molecule is Cc1ccc(/C=N\NC(=O)c2cc(-c3ccc(F)cc3)n[nH]2)cc1. The molecule has 5 nitrogen and oxygen atoms in total. The van der Waals surface area contributed by atoms with Crippen LogP contribution < -0.4 is 5.43 Å². The van der Waals surface area contributed by atoms with E-state index >= 15 is 0 Å². The topological polar surface area (TPSA) is 70.1 Å². The summed E-state index contributed by atoms with van der Waals surface area (Å²) in [5, 5.41) is 10.6. The number of nitrogens with one attached hydrogen (secondary N) is 2. The van der Waals surface area contributed by atoms with Gasteiger partial charge in [0.25, 0.3) is 5.91 Å². The molecule has 3 aromatic rings. The van der Waals surface area contributed by atoms with Crippen LogP contribution in [0.2, 0.25) is 0 Å². The fourth-order valence-corrected chi connectivity index (χ4v) is 2.08. The largest absolute Gasteiger partial charge is 0.289 e. The third-order valence-corrected chi connectivity index (χ3v) is 3.42. The van der Waals surface area contributed by atoms with Gasteiger partial charge in [-0.3, -0.25) is 9.89 Å². The zero-order chi connectivity index (χ0) is 16.9. The molecule has 24 heavy (non-hydrogen) atoms. The number of benzene rings is 2. The van der Waals surface area contributed by atoms with Gasteiger partial charge in [-0.25, -0.2) is 9.82 Å². The molecule has 0 aliphatic rings. The number of nitrogens with zero attached hydrogens (tertiary/aromatic N) is 2. The van der Waals surface area contributed by atoms with E-state index in [1.807, 2.05) is 31.2 Å². The van der Waals surface area contributed by atoms with Crippen molar-refractivity contribution in [2.45, 2.75) is 6.92 Å². The van der Waals surface area contributed by atoms with Crippen molar-refractivity contribution in [3.8, 4) is 11.3 Å². The number of H-pyrrole nitrogens is 1. The summed E-state index contributed by atoms with van der Waals surface area (Å²) >= 11 is 0. The molecule has 6 heteroatoms. The van der Waals surface area contributed by atoms with Gasteiger partial charge in [0.2, 0.25) is 0 Å². The molecule has 1 heterocycles. The summed E-state index contributed by atoms with van der Waals surface area (Å²) in [5.41, 5.74) is 6.03. The number of rotatable bonds is 4. The zero-order valence-corrected chi connectivity index (χ0v) is 13.0. The highest BCUT2D eigenvalue weighted by molar-refractivity contribution is 5.94. The predicted octanol–water partition coefficient (Wildman–Crippen LogP) is 3.29. The maximum absolute atomic E-state index is 12.9. The Morgan fingerprint density at radius 1 is 1.17 bits per heavy atom. The molecule has 0 saturated carbocycles. The first-order chi connectivity index (χ1) is 11.6. The molecular weight excluding hydrogens is 307 g/mol. The monoisotopic (exact) mass is 322 g/mol. The molecule has 120 valence electrons. The van der Waals surface area contributed by atoms with E-state index in [9.17, 15) is 9.18 Å². The highest BCUT2D eigenvalue weighted by atomic mass is 19.1. The Morgan fingerprint density at radius 2 is 1.88 bits per heavy atom. The Hall–Kier alpha value is -3.28. The molecule has 0 atom stereocenters. The van der Waals surface area contributed by atoms with Gasteiger partial charge < -0.3 is 0 Å². The first-order valence-corrected chi connectivity index (χ1v) is 7.33. The van der Waals surface area contributed by atoms with E-state index in [-0.39, 0.29) is 11.5 Å². The van der Waals surface area contributed by atoms with Crippen LogP contribution in [0.5, 0.6) is 0 Å². The van der Waals surface area contributed by atoms with E-state index < -0.39 is 5.91 Å². The quantitative estimate of drug-likeness (QED) is 0.571. The van der Waals surface area contributed by atoms with Crippen molar-refractivity contribution >= 4 is 12.1 Å². The number of aryl methyl sites for hydroxylation is 1. The highest BCUT2D eigenvalue weighted by Crippen LogP contribution is 2.17. The molecule has 0 radical (unpaired) electrons. The van der Waals surface area contributed by atoms with Crippen molar-refractivity contribution in [3.05, 3.63) is 77.2 Å². The van der Waals surface area contributed by atoms with E-state index in [0.29, 0.717) is 5.69 Å². The molecule has 2 N–H and O–H groups in total. The van der Waals surface area contributed by atoms with Crippen LogP contribution in [-0.2, 0) is 0 Å². The van der Waals surface area contributed by atoms with Gasteiger partial charge in [0, 0.05) is 5.56 Å². The molecule has 0 aliphatic heterocycles. The van der Waals surface area contributed by atoms with Crippen LogP contribution in [0.15, 0.2) is 59.7 Å². The van der Waals surface area contributed by atoms with Gasteiger partial charge in [0.15, 0.2) is 0 Å². The highest BCUT2D eigenvalue weighted by Gasteiger charge is 2.10. The van der Waals surface area contributed by atoms with Crippen LogP contribution in [0.3, 0.4) is 0 Å². The standard InChI is InChI=1S/C18H15FN4O/c1-12-2-4-13(5-3-12)11-20-23-18(24)17-10-16(21-22-17)14-6-8-15(19)9-7-14/h2-11H,1H3,(H,21,22)(H,23,24)/b20-11-. The first-order valence-electron chi connectivity index (χ1n) is 7.33. The Morgan fingerprint density at radius 3 is 2.58 bits per heavy atom. The van der Waals surface area contributed by atoms with Crippen molar-refractivity contribution in [2.24, 2.45) is 5.10 Å². The lowest BCUT2D eigenvalue weighted by Gasteiger charge is -1.97. The summed E-state index contributed by atoms with van der Waals surface area (Å²) in [7, 11) is 0. The van der Waals surface area contributed by atoms with Gasteiger partial charge in [-0.15, -0.1) is 0 Å². The number of hydrogen-bond donors (Lipinski definition) is 2. The number of aromatic amines is 1. The van der Waals surface area contributed by atoms with E-state index in [1.165, 1.54) is 12.1 Å². The van der Waals surface area contributed by atoms with Crippen molar-refractivity contribution in [3.63, 3.8) is 0 Å². The second-order valence-electron chi connectivity index (χ2n) is 5.28. The van der Waals surface area contributed by atoms with E-state index in [2.05, 4.69) is 20.7 Å². The second-order valence-corrected chi connectivity index (χ2v) is 5.28. The van der Waals surface area contributed by atoms with Crippen LogP contribution in [0.25, 0.3) is 11.3 Å². The molecule has 0 spiro atoms. The number of aromatic nitrogens is 2. The third kappa shape index (κ3) is 3.73. The average molecular weight is 322 g/mol. The molecule has 0 fully saturated rings. The summed E-state index contributed by atoms with van der Waals surface area (Å²) in [6.07, 6.45) is 1.56. The lowest BCUT2D eigenvalue weighted by molar-refractivity contribution is 0.0950. The third-order valence-electron chi connectivity index (χ3n) is 3.42. The molecule has 0 aliphatic carbocycles. The number of carbonyl (C=O) groups is 1. The summed E-state index contributed by atoms with van der Waals surface area (Å²) in [6, 6.07) is 15.2. The van der Waals surface area contributed by atoms with Gasteiger partial charge in [0.1, 0.15) is 11.5 Å². The number of hydrazone groups is 1. The minimum Gasteiger partial charge on any atom is -0.272 e. The molecule has 0 bridgehead atoms. The van der Waals surface area contributed by atoms with Gasteiger partial charge >= 0.3 is 0 Å². The Kier molecular flexibility index (Phi) is 4.47. The number of carbonyl (C=O) groups excluding carboxylic acids is 1. The molecular formula is C18H15FN4O. The number of hydrogen-bond acceptors (Lipinski definition) is 3. The second kappa shape index (κ2) is 6.87. The van der Waals surface area contributed by atoms with Crippen molar-refractivity contribution in [2.75, 3.05) is 0 Å². The van der Waals surface area contributed by atoms with Crippen LogP contribution >= 0.6 is 0 Å². The summed E-state index contributed by atoms with van der Waals surface area (Å²) < 4.78 is 12.9. The van der Waals surface area contributed by atoms with Crippen molar-refractivity contribution < 1.29 is 9.18 Å². The van der Waals surface area contributed by atoms with Gasteiger partial charge in [-0.1, -0.05) is 29.8 Å². The molecule has 1 aromatic heterocycles. The minimum atomic E-state index is -0.403. The molecule has 1 amide bonds. The van der Waals surface area contributed by atoms with Crippen LogP contribution in [0, 0.1) is 12.7 Å². The zero-order valence-electron chi connectivity index (χ0n) is 13.0. The fourth-order valence-electron chi connectivity index (χ4n) is 2.08. The Labute approximate surface area is 138 Å². The average Bonchev–Trinajstić information content (AvgIpc) is 3.07. The minimum absolute atomic E-state index is 0.274. The van der Waals surface area contributed by atoms with Crippen molar-refractivity contribution in [1.82, 2.24) is 15.6 Å². The maximum Gasteiger partial charge on any atom is 0.289 e. The molecule has 0 unspecified atom stereocenters. The van der Waals surface area contributed by atoms with Crippen LogP contribution in [0.4, 0.5) is 4.39 Å². The lowest BCUT2D eigenvalue weighted by atomic mass is 10.1. The predicted molar refractivity (Wildman–Crippen MR) is 90.2 cm³/mol. The van der Waals surface area contributed by atoms with Crippen molar-refractivity contribution in [1.29, 1.82) is 0 Å². The van der Waals surface area contributed by atoms with Gasteiger partial charge in [-0.2, -0.15) is 10.2 Å². The van der Waals surface area contributed by atoms with Crippen LogP contribution in [0.1, 0.15) is 21.6 Å².